The first-order valence-corrected chi connectivity index (χ1v) is 13.9. The Labute approximate surface area is 223 Å². The molecule has 2 amide bonds. The number of anilines is 1. The Morgan fingerprint density at radius 3 is 2.41 bits per heavy atom. The van der Waals surface area contributed by atoms with Crippen LogP contribution in [-0.4, -0.2) is 50.5 Å². The summed E-state index contributed by atoms with van der Waals surface area (Å²) in [6, 6.07) is 14.8. The second-order valence-electron chi connectivity index (χ2n) is 9.15. The van der Waals surface area contributed by atoms with Crippen LogP contribution in [0.15, 0.2) is 59.3 Å². The van der Waals surface area contributed by atoms with Gasteiger partial charge in [0.2, 0.25) is 0 Å². The molecular weight excluding hydrogens is 506 g/mol. The van der Waals surface area contributed by atoms with Gasteiger partial charge in [0, 0.05) is 46.6 Å². The van der Waals surface area contributed by atoms with E-state index in [-0.39, 0.29) is 23.8 Å². The number of ether oxygens (including phenoxy) is 1. The van der Waals surface area contributed by atoms with Crippen LogP contribution in [0, 0.1) is 0 Å². The summed E-state index contributed by atoms with van der Waals surface area (Å²) in [5.41, 5.74) is 3.54. The molecule has 0 atom stereocenters. The summed E-state index contributed by atoms with van der Waals surface area (Å²) in [5.74, 6) is 0.802. The van der Waals surface area contributed by atoms with Crippen molar-refractivity contribution in [3.05, 3.63) is 75.6 Å². The number of nitrogens with one attached hydrogen (secondary N) is 1. The number of amides is 2. The number of likely N-dealkylation sites (tertiary alicyclic amines) is 1. The van der Waals surface area contributed by atoms with E-state index in [4.69, 9.17) is 4.74 Å². The zero-order valence-electron chi connectivity index (χ0n) is 20.6. The Balaban J connectivity index is 1.14. The molecule has 1 saturated heterocycles. The molecule has 2 aromatic heterocycles. The van der Waals surface area contributed by atoms with Crippen molar-refractivity contribution in [1.29, 1.82) is 0 Å². The predicted molar refractivity (Wildman–Crippen MR) is 145 cm³/mol. The van der Waals surface area contributed by atoms with E-state index in [0.29, 0.717) is 30.0 Å². The molecule has 8 nitrogen and oxygen atoms in total. The lowest BCUT2D eigenvalue weighted by molar-refractivity contribution is 0.0713. The van der Waals surface area contributed by atoms with Crippen LogP contribution in [0.4, 0.5) is 5.69 Å². The van der Waals surface area contributed by atoms with Crippen LogP contribution in [0.1, 0.15) is 58.5 Å². The Hall–Kier alpha value is -3.63. The van der Waals surface area contributed by atoms with E-state index in [9.17, 15) is 9.59 Å². The summed E-state index contributed by atoms with van der Waals surface area (Å²) in [7, 11) is 0. The number of benzene rings is 2. The molecule has 0 radical (unpaired) electrons. The largest absolute Gasteiger partial charge is 0.491 e. The molecule has 0 saturated carbocycles. The van der Waals surface area contributed by atoms with Gasteiger partial charge in [-0.1, -0.05) is 16.6 Å². The van der Waals surface area contributed by atoms with Crippen molar-refractivity contribution >= 4 is 40.4 Å². The molecule has 190 valence electrons. The van der Waals surface area contributed by atoms with E-state index in [1.807, 2.05) is 72.7 Å². The van der Waals surface area contributed by atoms with Gasteiger partial charge in [0.05, 0.1) is 11.1 Å². The van der Waals surface area contributed by atoms with E-state index in [1.54, 1.807) is 5.38 Å². The lowest BCUT2D eigenvalue weighted by atomic mass is 9.97. The molecule has 10 heteroatoms. The third-order valence-corrected chi connectivity index (χ3v) is 7.67. The average molecular weight is 534 g/mol. The molecule has 1 aliphatic heterocycles. The lowest BCUT2D eigenvalue weighted by Crippen LogP contribution is -2.37. The van der Waals surface area contributed by atoms with Gasteiger partial charge in [-0.3, -0.25) is 9.59 Å². The number of hydrogen-bond acceptors (Lipinski definition) is 8. The quantitative estimate of drug-likeness (QED) is 0.326. The van der Waals surface area contributed by atoms with Crippen molar-refractivity contribution in [1.82, 2.24) is 19.5 Å². The van der Waals surface area contributed by atoms with Crippen molar-refractivity contribution in [3.8, 4) is 17.0 Å². The van der Waals surface area contributed by atoms with Crippen LogP contribution in [0.25, 0.3) is 11.3 Å². The molecule has 0 bridgehead atoms. The molecule has 37 heavy (non-hydrogen) atoms. The van der Waals surface area contributed by atoms with Crippen LogP contribution in [0.3, 0.4) is 0 Å². The first-order chi connectivity index (χ1) is 18.0. The van der Waals surface area contributed by atoms with Crippen molar-refractivity contribution in [3.63, 3.8) is 0 Å². The minimum atomic E-state index is -0.233. The molecule has 4 aromatic rings. The number of carbonyl (C=O) groups excluding carboxylic acids is 2. The maximum atomic E-state index is 12.9. The zero-order chi connectivity index (χ0) is 25.8. The van der Waals surface area contributed by atoms with Gasteiger partial charge in [-0.2, -0.15) is 0 Å². The number of thiazole rings is 1. The fourth-order valence-electron chi connectivity index (χ4n) is 4.25. The molecule has 0 spiro atoms. The van der Waals surface area contributed by atoms with Gasteiger partial charge in [0.15, 0.2) is 0 Å². The van der Waals surface area contributed by atoms with Crippen LogP contribution in [0.2, 0.25) is 0 Å². The number of carbonyl (C=O) groups is 2. The highest BCUT2D eigenvalue weighted by Crippen LogP contribution is 2.31. The van der Waals surface area contributed by atoms with Crippen molar-refractivity contribution in [2.75, 3.05) is 18.4 Å². The summed E-state index contributed by atoms with van der Waals surface area (Å²) in [4.78, 5) is 32.2. The third-order valence-electron chi connectivity index (χ3n) is 6.16. The van der Waals surface area contributed by atoms with Gasteiger partial charge in [0.1, 0.15) is 17.1 Å². The lowest BCUT2D eigenvalue weighted by Gasteiger charge is -2.31. The fourth-order valence-corrected chi connectivity index (χ4v) is 5.69. The first kappa shape index (κ1) is 25.0. The Morgan fingerprint density at radius 2 is 1.76 bits per heavy atom. The van der Waals surface area contributed by atoms with Crippen molar-refractivity contribution < 1.29 is 14.3 Å². The highest BCUT2D eigenvalue weighted by atomic mass is 32.1. The van der Waals surface area contributed by atoms with E-state index in [0.717, 1.165) is 34.9 Å². The van der Waals surface area contributed by atoms with Crippen LogP contribution in [-0.2, 0) is 0 Å². The topological polar surface area (TPSA) is 97.3 Å². The van der Waals surface area contributed by atoms with Gasteiger partial charge >= 0.3 is 0 Å². The number of aromatic nitrogens is 3. The molecule has 1 N–H and O–H groups in total. The molecule has 1 fully saturated rings. The van der Waals surface area contributed by atoms with Crippen LogP contribution in [0.5, 0.6) is 5.75 Å². The fraction of sp³-hybridized carbons (Fsp3) is 0.296. The first-order valence-electron chi connectivity index (χ1n) is 12.2. The number of hydrogen-bond donors (Lipinski definition) is 1. The van der Waals surface area contributed by atoms with E-state index >= 15 is 0 Å². The van der Waals surface area contributed by atoms with Gasteiger partial charge in [-0.05, 0) is 74.6 Å². The standard InChI is InChI=1S/C27H27N5O3S2/c1-17(2)35-22-9-5-20(6-10-22)27(34)32-13-11-19(12-14-32)26-29-24(15-36-26)25(33)28-21-7-3-18(4-8-21)23-16-37-31-30-23/h3-10,15-17,19H,11-14H2,1-2H3,(H,28,33). The maximum Gasteiger partial charge on any atom is 0.275 e. The predicted octanol–water partition coefficient (Wildman–Crippen LogP) is 5.72. The summed E-state index contributed by atoms with van der Waals surface area (Å²) < 4.78 is 9.54. The van der Waals surface area contributed by atoms with Crippen molar-refractivity contribution in [2.24, 2.45) is 0 Å². The summed E-state index contributed by atoms with van der Waals surface area (Å²) in [5, 5.41) is 11.6. The molecule has 0 aliphatic carbocycles. The normalized spacial score (nSPS) is 14.1. The Bertz CT molecular complexity index is 1340. The summed E-state index contributed by atoms with van der Waals surface area (Å²) >= 11 is 2.81. The molecule has 1 aliphatic rings. The van der Waals surface area contributed by atoms with E-state index in [1.165, 1.54) is 22.9 Å². The molecule has 5 rings (SSSR count). The minimum Gasteiger partial charge on any atom is -0.491 e. The highest BCUT2D eigenvalue weighted by Gasteiger charge is 2.27. The van der Waals surface area contributed by atoms with Gasteiger partial charge in [0.25, 0.3) is 11.8 Å². The van der Waals surface area contributed by atoms with E-state index < -0.39 is 0 Å². The van der Waals surface area contributed by atoms with Crippen LogP contribution < -0.4 is 10.1 Å². The van der Waals surface area contributed by atoms with Crippen LogP contribution >= 0.6 is 22.9 Å². The second-order valence-corrected chi connectivity index (χ2v) is 10.6. The van der Waals surface area contributed by atoms with Gasteiger partial charge < -0.3 is 15.0 Å². The second kappa shape index (κ2) is 11.2. The summed E-state index contributed by atoms with van der Waals surface area (Å²) in [6.07, 6.45) is 1.74. The Morgan fingerprint density at radius 1 is 1.03 bits per heavy atom. The minimum absolute atomic E-state index is 0.0332. The maximum absolute atomic E-state index is 12.9. The van der Waals surface area contributed by atoms with Gasteiger partial charge in [-0.15, -0.1) is 16.4 Å². The van der Waals surface area contributed by atoms with E-state index in [2.05, 4.69) is 19.9 Å². The number of nitrogens with zero attached hydrogens (tertiary/aromatic N) is 4. The molecular formula is C27H27N5O3S2. The monoisotopic (exact) mass is 533 g/mol. The number of piperidine rings is 1. The molecule has 2 aromatic carbocycles. The van der Waals surface area contributed by atoms with Crippen molar-refractivity contribution in [2.45, 2.75) is 38.7 Å². The number of rotatable bonds is 7. The molecule has 3 heterocycles. The Kier molecular flexibility index (Phi) is 7.57. The highest BCUT2D eigenvalue weighted by molar-refractivity contribution is 7.10. The smallest absolute Gasteiger partial charge is 0.275 e. The van der Waals surface area contributed by atoms with Gasteiger partial charge in [-0.25, -0.2) is 4.98 Å². The SMILES string of the molecule is CC(C)Oc1ccc(C(=O)N2CCC(c3nc(C(=O)Nc4ccc(-c5csnn5)cc4)cs3)CC2)cc1. The average Bonchev–Trinajstić information content (AvgIpc) is 3.62. The zero-order valence-corrected chi connectivity index (χ0v) is 22.2. The summed E-state index contributed by atoms with van der Waals surface area (Å²) in [6.45, 7) is 5.27. The molecule has 0 unspecified atom stereocenters. The third kappa shape index (κ3) is 6.03.